The smallest absolute Gasteiger partial charge is 0.325 e. The highest BCUT2D eigenvalue weighted by Gasteiger charge is 2.49. The average molecular weight is 485 g/mol. The fourth-order valence-electron chi connectivity index (χ4n) is 3.59. The number of imide groups is 1. The molecule has 158 valence electrons. The first kappa shape index (κ1) is 19.6. The predicted octanol–water partition coefficient (Wildman–Crippen LogP) is 3.24. The summed E-state index contributed by atoms with van der Waals surface area (Å²) >= 11 is 3.40. The molecule has 3 heterocycles. The van der Waals surface area contributed by atoms with Crippen LogP contribution in [0.25, 0.3) is 11.4 Å². The van der Waals surface area contributed by atoms with Crippen molar-refractivity contribution in [2.75, 3.05) is 13.2 Å². The normalized spacial score (nSPS) is 20.1. The maximum absolute atomic E-state index is 13.2. The highest BCUT2D eigenvalue weighted by Crippen LogP contribution is 2.37. The summed E-state index contributed by atoms with van der Waals surface area (Å²) in [6.45, 7) is 2.42. The van der Waals surface area contributed by atoms with E-state index in [0.29, 0.717) is 36.1 Å². The summed E-state index contributed by atoms with van der Waals surface area (Å²) in [5.74, 6) is 1.26. The Balaban J connectivity index is 1.38. The number of carbonyl (C=O) groups is 2. The SMILES string of the molecule is C[C@@]1(c2ccc3c(c2)OCCO3)NC(=O)N(Cc2nc(-c3cccc(Br)c3)no2)C1=O. The third-order valence-electron chi connectivity index (χ3n) is 5.24. The second-order valence-electron chi connectivity index (χ2n) is 7.33. The topological polar surface area (TPSA) is 107 Å². The van der Waals surface area contributed by atoms with Gasteiger partial charge in [0.15, 0.2) is 11.5 Å². The van der Waals surface area contributed by atoms with Crippen molar-refractivity contribution in [2.24, 2.45) is 0 Å². The molecule has 0 spiro atoms. The van der Waals surface area contributed by atoms with Crippen molar-refractivity contribution in [3.05, 3.63) is 58.4 Å². The van der Waals surface area contributed by atoms with E-state index < -0.39 is 17.5 Å². The first-order valence-corrected chi connectivity index (χ1v) is 10.4. The minimum absolute atomic E-state index is 0.133. The van der Waals surface area contributed by atoms with Gasteiger partial charge >= 0.3 is 6.03 Å². The Kier molecular flexibility index (Phi) is 4.66. The van der Waals surface area contributed by atoms with Crippen molar-refractivity contribution in [1.82, 2.24) is 20.4 Å². The second kappa shape index (κ2) is 7.38. The van der Waals surface area contributed by atoms with Gasteiger partial charge in [-0.2, -0.15) is 4.98 Å². The molecular formula is C21H17BrN4O5. The van der Waals surface area contributed by atoms with Crippen LogP contribution >= 0.6 is 15.9 Å². The van der Waals surface area contributed by atoms with Crippen LogP contribution in [0.15, 0.2) is 51.5 Å². The number of urea groups is 1. The minimum atomic E-state index is -1.25. The molecule has 0 bridgehead atoms. The van der Waals surface area contributed by atoms with E-state index in [9.17, 15) is 9.59 Å². The van der Waals surface area contributed by atoms with Crippen LogP contribution in [0.5, 0.6) is 11.5 Å². The lowest BCUT2D eigenvalue weighted by molar-refractivity contribution is -0.131. The molecule has 1 saturated heterocycles. The quantitative estimate of drug-likeness (QED) is 0.566. The number of halogens is 1. The zero-order chi connectivity index (χ0) is 21.6. The Morgan fingerprint density at radius 2 is 1.94 bits per heavy atom. The highest BCUT2D eigenvalue weighted by atomic mass is 79.9. The van der Waals surface area contributed by atoms with Gasteiger partial charge < -0.3 is 19.3 Å². The molecule has 0 saturated carbocycles. The number of hydrogen-bond donors (Lipinski definition) is 1. The summed E-state index contributed by atoms with van der Waals surface area (Å²) in [5, 5.41) is 6.72. The molecular weight excluding hydrogens is 468 g/mol. The van der Waals surface area contributed by atoms with E-state index in [1.165, 1.54) is 0 Å². The maximum Gasteiger partial charge on any atom is 0.325 e. The molecule has 3 aromatic rings. The van der Waals surface area contributed by atoms with Gasteiger partial charge in [-0.1, -0.05) is 39.3 Å². The maximum atomic E-state index is 13.2. The average Bonchev–Trinajstić information content (AvgIpc) is 3.33. The van der Waals surface area contributed by atoms with E-state index in [1.807, 2.05) is 24.3 Å². The van der Waals surface area contributed by atoms with E-state index in [1.54, 1.807) is 25.1 Å². The fraction of sp³-hybridized carbons (Fsp3) is 0.238. The predicted molar refractivity (Wildman–Crippen MR) is 111 cm³/mol. The Bertz CT molecular complexity index is 1200. The molecule has 3 amide bonds. The van der Waals surface area contributed by atoms with Gasteiger partial charge in [-0.15, -0.1) is 0 Å². The summed E-state index contributed by atoms with van der Waals surface area (Å²) in [7, 11) is 0. The van der Waals surface area contributed by atoms with Crippen molar-refractivity contribution in [2.45, 2.75) is 19.0 Å². The molecule has 1 fully saturated rings. The lowest BCUT2D eigenvalue weighted by atomic mass is 9.91. The molecule has 1 atom stereocenters. The van der Waals surface area contributed by atoms with Gasteiger partial charge in [0.1, 0.15) is 25.3 Å². The molecule has 0 aliphatic carbocycles. The van der Waals surface area contributed by atoms with Crippen molar-refractivity contribution in [3.8, 4) is 22.9 Å². The number of nitrogens with zero attached hydrogens (tertiary/aromatic N) is 3. The highest BCUT2D eigenvalue weighted by molar-refractivity contribution is 9.10. The summed E-state index contributed by atoms with van der Waals surface area (Å²) in [4.78, 5) is 31.2. The molecule has 1 aromatic heterocycles. The van der Waals surface area contributed by atoms with Gasteiger partial charge in [-0.3, -0.25) is 9.69 Å². The van der Waals surface area contributed by atoms with Crippen LogP contribution < -0.4 is 14.8 Å². The summed E-state index contributed by atoms with van der Waals surface area (Å²) in [5.41, 5.74) is 0.0979. The molecule has 9 nitrogen and oxygen atoms in total. The molecule has 0 radical (unpaired) electrons. The van der Waals surface area contributed by atoms with Crippen molar-refractivity contribution in [3.63, 3.8) is 0 Å². The first-order valence-electron chi connectivity index (χ1n) is 9.57. The van der Waals surface area contributed by atoms with E-state index in [-0.39, 0.29) is 12.4 Å². The number of carbonyl (C=O) groups excluding carboxylic acids is 2. The Morgan fingerprint density at radius 3 is 2.74 bits per heavy atom. The standard InChI is InChI=1S/C21H17BrN4O5/c1-21(13-5-6-15-16(10-13)30-8-7-29-15)19(27)26(20(28)24-21)11-17-23-18(25-31-17)12-3-2-4-14(22)9-12/h2-6,9-10H,7-8,11H2,1H3,(H,24,28)/t21-/m0/s1. The van der Waals surface area contributed by atoms with Crippen molar-refractivity contribution in [1.29, 1.82) is 0 Å². The monoisotopic (exact) mass is 484 g/mol. The molecule has 31 heavy (non-hydrogen) atoms. The van der Waals surface area contributed by atoms with E-state index in [4.69, 9.17) is 14.0 Å². The van der Waals surface area contributed by atoms with Crippen LogP contribution in [-0.2, 0) is 16.9 Å². The Hall–Kier alpha value is -3.40. The summed E-state index contributed by atoms with van der Waals surface area (Å²) in [6, 6.07) is 12.1. The lowest BCUT2D eigenvalue weighted by Gasteiger charge is -2.25. The molecule has 0 unspecified atom stereocenters. The van der Waals surface area contributed by atoms with Crippen molar-refractivity contribution < 1.29 is 23.6 Å². The number of rotatable bonds is 4. The summed E-state index contributed by atoms with van der Waals surface area (Å²) < 4.78 is 17.3. The third-order valence-corrected chi connectivity index (χ3v) is 5.73. The zero-order valence-corrected chi connectivity index (χ0v) is 18.0. The van der Waals surface area contributed by atoms with Crippen molar-refractivity contribution >= 4 is 27.9 Å². The van der Waals surface area contributed by atoms with E-state index >= 15 is 0 Å². The zero-order valence-electron chi connectivity index (χ0n) is 16.4. The summed E-state index contributed by atoms with van der Waals surface area (Å²) in [6.07, 6.45) is 0. The molecule has 2 aromatic carbocycles. The third kappa shape index (κ3) is 3.42. The molecule has 1 N–H and O–H groups in total. The Labute approximate surface area is 185 Å². The van der Waals surface area contributed by atoms with Crippen LogP contribution in [0.2, 0.25) is 0 Å². The molecule has 10 heteroatoms. The van der Waals surface area contributed by atoms with E-state index in [2.05, 4.69) is 31.4 Å². The van der Waals surface area contributed by atoms with Crippen LogP contribution in [0.4, 0.5) is 4.79 Å². The van der Waals surface area contributed by atoms with Crippen LogP contribution in [0, 0.1) is 0 Å². The number of aromatic nitrogens is 2. The molecule has 5 rings (SSSR count). The van der Waals surface area contributed by atoms with Crippen LogP contribution in [-0.4, -0.2) is 40.2 Å². The van der Waals surface area contributed by atoms with Gasteiger partial charge in [0.25, 0.3) is 5.91 Å². The lowest BCUT2D eigenvalue weighted by Crippen LogP contribution is -2.41. The fourth-order valence-corrected chi connectivity index (χ4v) is 3.99. The molecule has 2 aliphatic heterocycles. The van der Waals surface area contributed by atoms with Gasteiger partial charge in [-0.05, 0) is 36.8 Å². The van der Waals surface area contributed by atoms with Gasteiger partial charge in [0, 0.05) is 10.0 Å². The number of fused-ring (bicyclic) bond motifs is 1. The van der Waals surface area contributed by atoms with Crippen LogP contribution in [0.1, 0.15) is 18.4 Å². The van der Waals surface area contributed by atoms with E-state index in [0.717, 1.165) is 14.9 Å². The number of benzene rings is 2. The number of nitrogens with one attached hydrogen (secondary N) is 1. The number of amides is 3. The second-order valence-corrected chi connectivity index (χ2v) is 8.24. The number of hydrogen-bond acceptors (Lipinski definition) is 7. The van der Waals surface area contributed by atoms with Gasteiger partial charge in [0.05, 0.1) is 0 Å². The largest absolute Gasteiger partial charge is 0.486 e. The van der Waals surface area contributed by atoms with Gasteiger partial charge in [0.2, 0.25) is 11.7 Å². The minimum Gasteiger partial charge on any atom is -0.486 e. The van der Waals surface area contributed by atoms with Gasteiger partial charge in [-0.25, -0.2) is 4.79 Å². The molecule has 2 aliphatic rings. The van der Waals surface area contributed by atoms with Crippen LogP contribution in [0.3, 0.4) is 0 Å². The number of ether oxygens (including phenoxy) is 2. The Morgan fingerprint density at radius 1 is 1.13 bits per heavy atom. The first-order chi connectivity index (χ1) is 14.9.